The molecule has 0 saturated heterocycles. The highest BCUT2D eigenvalue weighted by atomic mass is 35.5. The molecule has 0 aromatic carbocycles. The van der Waals surface area contributed by atoms with Gasteiger partial charge in [-0.2, -0.15) is 13.2 Å². The van der Waals surface area contributed by atoms with Gasteiger partial charge in [-0.25, -0.2) is 0 Å². The van der Waals surface area contributed by atoms with Gasteiger partial charge in [-0.15, -0.1) is 11.6 Å². The van der Waals surface area contributed by atoms with E-state index in [1.807, 2.05) is 6.92 Å². The Kier molecular flexibility index (Phi) is 5.75. The lowest BCUT2D eigenvalue weighted by molar-refractivity contribution is -0.390. The third-order valence-electron chi connectivity index (χ3n) is 2.74. The van der Waals surface area contributed by atoms with E-state index in [0.717, 1.165) is 13.5 Å². The van der Waals surface area contributed by atoms with Crippen LogP contribution in [0.25, 0.3) is 0 Å². The molecule has 11 heteroatoms. The maximum Gasteiger partial charge on any atom is 0.475 e. The number of aromatic nitrogens is 2. The summed E-state index contributed by atoms with van der Waals surface area (Å²) in [6, 6.07) is 0. The Hall–Kier alpha value is -1.84. The molecule has 1 aromatic rings. The van der Waals surface area contributed by atoms with E-state index >= 15 is 0 Å². The van der Waals surface area contributed by atoms with Gasteiger partial charge in [0.1, 0.15) is 5.69 Å². The van der Waals surface area contributed by atoms with Crippen molar-refractivity contribution in [2.45, 2.75) is 31.3 Å². The maximum atomic E-state index is 12.8. The summed E-state index contributed by atoms with van der Waals surface area (Å²) < 4.78 is 43.4. The number of esters is 1. The molecule has 0 saturated carbocycles. The second kappa shape index (κ2) is 6.95. The second-order valence-electron chi connectivity index (χ2n) is 4.34. The molecule has 124 valence electrons. The molecule has 0 amide bonds. The summed E-state index contributed by atoms with van der Waals surface area (Å²) in [5, 5.41) is 9.09. The van der Waals surface area contributed by atoms with Crippen LogP contribution in [0.4, 0.5) is 19.0 Å². The highest BCUT2D eigenvalue weighted by Crippen LogP contribution is 2.36. The van der Waals surface area contributed by atoms with Crippen LogP contribution in [-0.4, -0.2) is 27.1 Å². The van der Waals surface area contributed by atoms with Gasteiger partial charge in [0.15, 0.2) is 5.38 Å². The minimum absolute atomic E-state index is 0.0241. The average molecular weight is 344 g/mol. The Morgan fingerprint density at radius 1 is 1.55 bits per heavy atom. The highest BCUT2D eigenvalue weighted by molar-refractivity contribution is 6.30. The number of hydrogen-bond acceptors (Lipinski definition) is 5. The predicted octanol–water partition coefficient (Wildman–Crippen LogP) is 2.97. The van der Waals surface area contributed by atoms with Crippen LogP contribution in [0.5, 0.6) is 0 Å². The number of imidazole rings is 1. The van der Waals surface area contributed by atoms with E-state index in [-0.39, 0.29) is 6.61 Å². The zero-order chi connectivity index (χ0) is 17.1. The van der Waals surface area contributed by atoms with Crippen LogP contribution in [0.1, 0.15) is 36.7 Å². The zero-order valence-corrected chi connectivity index (χ0v) is 12.4. The van der Waals surface area contributed by atoms with E-state index in [0.29, 0.717) is 11.0 Å². The van der Waals surface area contributed by atoms with Crippen molar-refractivity contribution in [3.8, 4) is 0 Å². The molecule has 0 fully saturated rings. The molecule has 22 heavy (non-hydrogen) atoms. The quantitative estimate of drug-likeness (QED) is 0.260. The van der Waals surface area contributed by atoms with E-state index in [1.54, 1.807) is 0 Å². The maximum absolute atomic E-state index is 12.8. The summed E-state index contributed by atoms with van der Waals surface area (Å²) in [6.45, 7) is 1.86. The molecule has 0 spiro atoms. The van der Waals surface area contributed by atoms with E-state index in [1.165, 1.54) is 0 Å². The number of halogens is 4. The molecule has 1 rings (SSSR count). The molecular formula is C11H13ClF3N3O4. The standard InChI is InChI=1S/C11H13ClF3N3O4/c1-3-4-5-22-9(19)6(12)7-8(18(20)21)16-10(17(7)2)11(13,14)15/h6H,3-5H2,1-2H3. The lowest BCUT2D eigenvalue weighted by Crippen LogP contribution is -2.18. The summed E-state index contributed by atoms with van der Waals surface area (Å²) in [5.74, 6) is -3.70. The molecule has 0 aliphatic heterocycles. The minimum atomic E-state index is -4.92. The topological polar surface area (TPSA) is 87.3 Å². The van der Waals surface area contributed by atoms with Gasteiger partial charge in [0.05, 0.1) is 6.61 Å². The molecule has 0 N–H and O–H groups in total. The van der Waals surface area contributed by atoms with E-state index in [2.05, 4.69) is 4.98 Å². The highest BCUT2D eigenvalue weighted by Gasteiger charge is 2.46. The average Bonchev–Trinajstić information content (AvgIpc) is 2.75. The SMILES string of the molecule is CCCCOC(=O)C(Cl)c1c([N+](=O)[O-])nc(C(F)(F)F)n1C. The first-order valence-electron chi connectivity index (χ1n) is 6.20. The van der Waals surface area contributed by atoms with Crippen LogP contribution < -0.4 is 0 Å². The Morgan fingerprint density at radius 3 is 2.59 bits per heavy atom. The van der Waals surface area contributed by atoms with Crippen LogP contribution in [-0.2, 0) is 22.8 Å². The van der Waals surface area contributed by atoms with Crippen molar-refractivity contribution in [3.63, 3.8) is 0 Å². The number of nitro groups is 1. The van der Waals surface area contributed by atoms with Crippen molar-refractivity contribution >= 4 is 23.4 Å². The summed E-state index contributed by atoms with van der Waals surface area (Å²) in [5.41, 5.74) is -0.666. The lowest BCUT2D eigenvalue weighted by Gasteiger charge is -2.10. The molecule has 0 radical (unpaired) electrons. The first-order chi connectivity index (χ1) is 10.1. The third-order valence-corrected chi connectivity index (χ3v) is 3.12. The molecule has 0 aliphatic carbocycles. The lowest BCUT2D eigenvalue weighted by atomic mass is 10.3. The number of unbranched alkanes of at least 4 members (excludes halogenated alkanes) is 1. The minimum Gasteiger partial charge on any atom is -0.464 e. The van der Waals surface area contributed by atoms with E-state index in [9.17, 15) is 28.1 Å². The summed E-state index contributed by atoms with van der Waals surface area (Å²) in [7, 11) is 0.896. The molecule has 0 bridgehead atoms. The van der Waals surface area contributed by atoms with Crippen LogP contribution in [0.3, 0.4) is 0 Å². The van der Waals surface area contributed by atoms with Crippen molar-refractivity contribution in [3.05, 3.63) is 21.6 Å². The molecule has 1 aromatic heterocycles. The summed E-state index contributed by atoms with van der Waals surface area (Å²) in [4.78, 5) is 24.4. The number of ether oxygens (including phenoxy) is 1. The normalized spacial score (nSPS) is 13.0. The van der Waals surface area contributed by atoms with Gasteiger partial charge in [0.25, 0.3) is 0 Å². The fourth-order valence-electron chi connectivity index (χ4n) is 1.67. The summed E-state index contributed by atoms with van der Waals surface area (Å²) >= 11 is 5.75. The van der Waals surface area contributed by atoms with Crippen LogP contribution in [0.15, 0.2) is 0 Å². The van der Waals surface area contributed by atoms with Crippen LogP contribution in [0.2, 0.25) is 0 Å². The number of nitrogens with zero attached hydrogens (tertiary/aromatic N) is 3. The molecule has 0 aliphatic rings. The van der Waals surface area contributed by atoms with Crippen LogP contribution in [0, 0.1) is 10.1 Å². The monoisotopic (exact) mass is 343 g/mol. The van der Waals surface area contributed by atoms with Gasteiger partial charge in [0, 0.05) is 7.05 Å². The fraction of sp³-hybridized carbons (Fsp3) is 0.636. The Balaban J connectivity index is 3.19. The molecule has 1 unspecified atom stereocenters. The van der Waals surface area contributed by atoms with Gasteiger partial charge < -0.3 is 14.9 Å². The van der Waals surface area contributed by atoms with Gasteiger partial charge in [-0.3, -0.25) is 9.36 Å². The van der Waals surface area contributed by atoms with Gasteiger partial charge >= 0.3 is 23.8 Å². The Bertz CT molecular complexity index is 574. The van der Waals surface area contributed by atoms with Gasteiger partial charge in [-0.1, -0.05) is 13.3 Å². The molecule has 7 nitrogen and oxygen atoms in total. The molecular weight excluding hydrogens is 331 g/mol. The van der Waals surface area contributed by atoms with Gasteiger partial charge in [-0.05, 0) is 16.3 Å². The Morgan fingerprint density at radius 2 is 2.14 bits per heavy atom. The molecule has 1 atom stereocenters. The largest absolute Gasteiger partial charge is 0.475 e. The smallest absolute Gasteiger partial charge is 0.464 e. The van der Waals surface area contributed by atoms with E-state index < -0.39 is 39.8 Å². The van der Waals surface area contributed by atoms with Crippen molar-refractivity contribution in [2.24, 2.45) is 7.05 Å². The first kappa shape index (κ1) is 18.2. The zero-order valence-electron chi connectivity index (χ0n) is 11.7. The number of carbonyl (C=O) groups is 1. The second-order valence-corrected chi connectivity index (χ2v) is 4.78. The number of carbonyl (C=O) groups excluding carboxylic acids is 1. The number of rotatable bonds is 6. The van der Waals surface area contributed by atoms with E-state index in [4.69, 9.17) is 16.3 Å². The predicted molar refractivity (Wildman–Crippen MR) is 69.3 cm³/mol. The van der Waals surface area contributed by atoms with Crippen LogP contribution >= 0.6 is 11.6 Å². The van der Waals surface area contributed by atoms with Gasteiger partial charge in [0.2, 0.25) is 0 Å². The third kappa shape index (κ3) is 3.87. The van der Waals surface area contributed by atoms with Crippen molar-refractivity contribution in [1.82, 2.24) is 9.55 Å². The van der Waals surface area contributed by atoms with Crippen molar-refractivity contribution in [1.29, 1.82) is 0 Å². The summed E-state index contributed by atoms with van der Waals surface area (Å²) in [6.07, 6.45) is -3.65. The fourth-order valence-corrected chi connectivity index (χ4v) is 1.98. The van der Waals surface area contributed by atoms with Crippen molar-refractivity contribution < 1.29 is 27.6 Å². The number of alkyl halides is 4. The van der Waals surface area contributed by atoms with Crippen molar-refractivity contribution in [2.75, 3.05) is 6.61 Å². The number of hydrogen-bond donors (Lipinski definition) is 0. The Labute approximate surface area is 128 Å². The molecule has 1 heterocycles. The first-order valence-corrected chi connectivity index (χ1v) is 6.63.